The predicted octanol–water partition coefficient (Wildman–Crippen LogP) is 15.1. The number of fused-ring (bicyclic) bond motifs is 4. The fourth-order valence-corrected chi connectivity index (χ4v) is 9.19. The molecule has 3 heterocycles. The smallest absolute Gasteiger partial charge is 0.304 e. The summed E-state index contributed by atoms with van der Waals surface area (Å²) in [6.07, 6.45) is 0. The van der Waals surface area contributed by atoms with Crippen molar-refractivity contribution in [3.05, 3.63) is 217 Å². The Hall–Kier alpha value is -7.13. The van der Waals surface area contributed by atoms with Crippen LogP contribution in [0.15, 0.2) is 194 Å². The van der Waals surface area contributed by atoms with E-state index < -0.39 is 0 Å². The number of hydrogen-bond donors (Lipinski definition) is 0. The number of pyridine rings is 1. The number of nitrogens with zero attached hydrogens (tertiary/aromatic N) is 4. The van der Waals surface area contributed by atoms with E-state index in [9.17, 15) is 0 Å². The van der Waals surface area contributed by atoms with E-state index in [4.69, 9.17) is 9.97 Å². The number of rotatable bonds is 7. The van der Waals surface area contributed by atoms with Crippen LogP contribution in [0.4, 0.5) is 0 Å². The predicted molar refractivity (Wildman–Crippen MR) is 261 cm³/mol. The van der Waals surface area contributed by atoms with Gasteiger partial charge in [-0.25, -0.2) is 4.98 Å². The fraction of sp³-hybridized carbons (Fsp3) is 0.0847. The second-order valence-corrected chi connectivity index (χ2v) is 17.3. The van der Waals surface area contributed by atoms with Crippen LogP contribution in [-0.4, -0.2) is 19.1 Å². The van der Waals surface area contributed by atoms with Gasteiger partial charge in [0.15, 0.2) is 0 Å². The first kappa shape index (κ1) is 40.9. The van der Waals surface area contributed by atoms with Crippen LogP contribution in [0.5, 0.6) is 0 Å². The molecule has 11 aromatic rings. The third kappa shape index (κ3) is 7.00. The molecule has 0 saturated carbocycles. The van der Waals surface area contributed by atoms with Crippen molar-refractivity contribution < 1.29 is 21.1 Å². The van der Waals surface area contributed by atoms with Crippen LogP contribution in [0, 0.1) is 19.1 Å². The van der Waals surface area contributed by atoms with Crippen LogP contribution in [0.25, 0.3) is 100 Å². The molecule has 0 spiro atoms. The summed E-state index contributed by atoms with van der Waals surface area (Å²) in [5.41, 5.74) is 17.7. The van der Waals surface area contributed by atoms with Gasteiger partial charge in [0.05, 0.1) is 16.9 Å². The van der Waals surface area contributed by atoms with E-state index in [1.807, 2.05) is 18.2 Å². The standard InChI is InChI=1S/C59H44N4.Pt/c1-39-48(41-23-11-6-12-24-41)38-50(43-27-15-8-16-28-43)60-56(39)47-31-20-34-54-57(47)61-58(63(54)52-36-35-44(59(2,3)4)37-49(52)42-25-13-7-14-26-42)62-51-32-18-17-29-46(51)55-45(30-19-33-53(55)62)40-21-9-5-10-22-40;/h5-27,29-32,34-38H,1-4H3;/q-2;+2. The normalized spacial score (nSPS) is 11.6. The Labute approximate surface area is 388 Å². The Morgan fingerprint density at radius 2 is 1.14 bits per heavy atom. The molecule has 0 fully saturated rings. The van der Waals surface area contributed by atoms with Gasteiger partial charge in [-0.1, -0.05) is 165 Å². The summed E-state index contributed by atoms with van der Waals surface area (Å²) in [5, 5.41) is 2.28. The number of benzene rings is 8. The number of aromatic nitrogens is 4. The molecule has 0 aliphatic rings. The molecular formula is C59H44N4Pt. The van der Waals surface area contributed by atoms with Gasteiger partial charge < -0.3 is 4.57 Å². The average molecular weight is 1000 g/mol. The number of hydrogen-bond acceptors (Lipinski definition) is 2. The molecule has 0 bridgehead atoms. The van der Waals surface area contributed by atoms with Gasteiger partial charge in [0.1, 0.15) is 5.52 Å². The second kappa shape index (κ2) is 16.5. The van der Waals surface area contributed by atoms with E-state index in [0.29, 0.717) is 0 Å². The minimum Gasteiger partial charge on any atom is -0.304 e. The summed E-state index contributed by atoms with van der Waals surface area (Å²) in [4.78, 5) is 11.3. The van der Waals surface area contributed by atoms with Gasteiger partial charge in [0.2, 0.25) is 5.95 Å². The minimum atomic E-state index is -0.0639. The Kier molecular flexibility index (Phi) is 10.6. The third-order valence-corrected chi connectivity index (χ3v) is 12.4. The Bertz CT molecular complexity index is 3470. The summed E-state index contributed by atoms with van der Waals surface area (Å²) < 4.78 is 4.68. The van der Waals surface area contributed by atoms with Gasteiger partial charge in [-0.15, -0.1) is 41.5 Å². The van der Waals surface area contributed by atoms with Crippen LogP contribution < -0.4 is 0 Å². The van der Waals surface area contributed by atoms with E-state index in [1.54, 1.807) is 0 Å². The molecule has 64 heavy (non-hydrogen) atoms. The quantitative estimate of drug-likeness (QED) is 0.149. The van der Waals surface area contributed by atoms with Crippen LogP contribution in [-0.2, 0) is 26.5 Å². The van der Waals surface area contributed by atoms with Crippen molar-refractivity contribution in [3.63, 3.8) is 0 Å². The molecule has 0 atom stereocenters. The Morgan fingerprint density at radius 1 is 0.500 bits per heavy atom. The minimum absolute atomic E-state index is 0. The fourth-order valence-electron chi connectivity index (χ4n) is 9.19. The zero-order valence-corrected chi connectivity index (χ0v) is 38.4. The molecule has 0 N–H and O–H groups in total. The first-order chi connectivity index (χ1) is 30.8. The average Bonchev–Trinajstić information content (AvgIpc) is 3.88. The van der Waals surface area contributed by atoms with Gasteiger partial charge >= 0.3 is 21.1 Å². The van der Waals surface area contributed by atoms with E-state index in [0.717, 1.165) is 106 Å². The molecular weight excluding hydrogens is 960 g/mol. The van der Waals surface area contributed by atoms with Gasteiger partial charge in [-0.3, -0.25) is 9.55 Å². The Balaban J connectivity index is 0.00000484. The topological polar surface area (TPSA) is 35.6 Å². The molecule has 0 unspecified atom stereocenters. The summed E-state index contributed by atoms with van der Waals surface area (Å²) in [6.45, 7) is 9.02. The van der Waals surface area contributed by atoms with E-state index in [1.165, 1.54) is 5.56 Å². The van der Waals surface area contributed by atoms with Crippen molar-refractivity contribution in [2.75, 3.05) is 0 Å². The summed E-state index contributed by atoms with van der Waals surface area (Å²) in [6, 6.07) is 75.8. The molecule has 5 heteroatoms. The van der Waals surface area contributed by atoms with E-state index >= 15 is 0 Å². The van der Waals surface area contributed by atoms with Crippen molar-refractivity contribution in [2.24, 2.45) is 0 Å². The summed E-state index contributed by atoms with van der Waals surface area (Å²) in [7, 11) is 0. The van der Waals surface area contributed by atoms with Crippen molar-refractivity contribution in [1.29, 1.82) is 0 Å². The van der Waals surface area contributed by atoms with E-state index in [-0.39, 0.29) is 26.5 Å². The SMILES string of the molecule is Cc1c(-c2ccccc2)cc(-c2[c-]cccc2)nc1-c1cccc2c1nc(-n1c3[c-]ccc(-c4ccccc4)c3c3ccccc31)n2-c1ccc(C(C)(C)C)cc1-c1ccccc1.[Pt+2]. The van der Waals surface area contributed by atoms with Crippen LogP contribution in [0.3, 0.4) is 0 Å². The Morgan fingerprint density at radius 3 is 1.83 bits per heavy atom. The van der Waals surface area contributed by atoms with Crippen LogP contribution in [0.1, 0.15) is 31.9 Å². The van der Waals surface area contributed by atoms with Gasteiger partial charge in [0, 0.05) is 16.6 Å². The monoisotopic (exact) mass is 1000 g/mol. The molecule has 3 aromatic heterocycles. The van der Waals surface area contributed by atoms with Crippen molar-refractivity contribution in [1.82, 2.24) is 19.1 Å². The maximum absolute atomic E-state index is 5.82. The van der Waals surface area contributed by atoms with Crippen LogP contribution >= 0.6 is 0 Å². The zero-order chi connectivity index (χ0) is 42.7. The molecule has 0 radical (unpaired) electrons. The molecule has 0 saturated heterocycles. The van der Waals surface area contributed by atoms with Crippen LogP contribution in [0.2, 0.25) is 0 Å². The number of imidazole rings is 1. The maximum Gasteiger partial charge on any atom is 2.00 e. The second-order valence-electron chi connectivity index (χ2n) is 17.3. The van der Waals surface area contributed by atoms with Gasteiger partial charge in [0.25, 0.3) is 0 Å². The maximum atomic E-state index is 5.82. The van der Waals surface area contributed by atoms with E-state index in [2.05, 4.69) is 225 Å². The summed E-state index contributed by atoms with van der Waals surface area (Å²) in [5.74, 6) is 0.777. The molecule has 11 rings (SSSR count). The first-order valence-electron chi connectivity index (χ1n) is 21.6. The van der Waals surface area contributed by atoms with Crippen molar-refractivity contribution in [3.8, 4) is 67.5 Å². The molecule has 0 aliphatic heterocycles. The molecule has 8 aromatic carbocycles. The molecule has 310 valence electrons. The third-order valence-electron chi connectivity index (χ3n) is 12.4. The number of para-hydroxylation sites is 2. The molecule has 0 amide bonds. The van der Waals surface area contributed by atoms with Gasteiger partial charge in [-0.2, -0.15) is 18.2 Å². The largest absolute Gasteiger partial charge is 2.00 e. The summed E-state index contributed by atoms with van der Waals surface area (Å²) >= 11 is 0. The van der Waals surface area contributed by atoms with Crippen molar-refractivity contribution >= 4 is 32.8 Å². The molecule has 4 nitrogen and oxygen atoms in total. The molecule has 0 aliphatic carbocycles. The van der Waals surface area contributed by atoms with Crippen molar-refractivity contribution in [2.45, 2.75) is 33.1 Å². The van der Waals surface area contributed by atoms with Gasteiger partial charge in [-0.05, 0) is 81.1 Å². The zero-order valence-electron chi connectivity index (χ0n) is 36.1. The first-order valence-corrected chi connectivity index (χ1v) is 21.6.